The van der Waals surface area contributed by atoms with E-state index in [1.165, 1.54) is 20.0 Å². The van der Waals surface area contributed by atoms with Crippen molar-refractivity contribution in [1.82, 2.24) is 10.2 Å². The van der Waals surface area contributed by atoms with E-state index in [-0.39, 0.29) is 35.9 Å². The maximum absolute atomic E-state index is 11.3. The summed E-state index contributed by atoms with van der Waals surface area (Å²) in [6.07, 6.45) is 2.49. The number of likely N-dealkylation sites (tertiary alicyclic amines) is 1. The fourth-order valence-corrected chi connectivity index (χ4v) is 2.24. The van der Waals surface area contributed by atoms with Crippen molar-refractivity contribution in [1.29, 1.82) is 0 Å². The van der Waals surface area contributed by atoms with Crippen molar-refractivity contribution in [3.63, 3.8) is 0 Å². The molecule has 1 aliphatic rings. The van der Waals surface area contributed by atoms with Crippen molar-refractivity contribution in [3.05, 3.63) is 0 Å². The van der Waals surface area contributed by atoms with Gasteiger partial charge in [-0.05, 0) is 18.8 Å². The molecule has 2 atom stereocenters. The molecule has 2 unspecified atom stereocenters. The molecule has 0 saturated carbocycles. The molecule has 0 aromatic heterocycles. The molecule has 1 saturated heterocycles. The van der Waals surface area contributed by atoms with E-state index in [1.807, 2.05) is 6.92 Å². The Morgan fingerprint density at radius 1 is 1.58 bits per heavy atom. The van der Waals surface area contributed by atoms with Crippen LogP contribution in [0.1, 0.15) is 26.7 Å². The summed E-state index contributed by atoms with van der Waals surface area (Å²) in [7, 11) is 3.20. The number of ether oxygens (including phenoxy) is 1. The normalized spacial score (nSPS) is 21.4. The lowest BCUT2D eigenvalue weighted by Gasteiger charge is -2.33. The van der Waals surface area contributed by atoms with E-state index in [4.69, 9.17) is 4.74 Å². The Morgan fingerprint density at radius 3 is 2.79 bits per heavy atom. The number of hydrogen-bond acceptors (Lipinski definition) is 3. The van der Waals surface area contributed by atoms with Crippen LogP contribution in [0.15, 0.2) is 4.99 Å². The van der Waals surface area contributed by atoms with Gasteiger partial charge in [0.1, 0.15) is 0 Å². The van der Waals surface area contributed by atoms with Crippen LogP contribution in [0.2, 0.25) is 0 Å². The SMILES string of the molecule is CN=C(NCC(C)C(=O)OC)N1CCCC(C)C1.I. The van der Waals surface area contributed by atoms with Gasteiger partial charge >= 0.3 is 5.97 Å². The summed E-state index contributed by atoms with van der Waals surface area (Å²) in [4.78, 5) is 17.9. The first-order valence-electron chi connectivity index (χ1n) is 6.62. The molecular weight excluding hydrogens is 357 g/mol. The van der Waals surface area contributed by atoms with Crippen molar-refractivity contribution in [3.8, 4) is 0 Å². The van der Waals surface area contributed by atoms with Gasteiger partial charge in [0.2, 0.25) is 0 Å². The predicted molar refractivity (Wildman–Crippen MR) is 87.9 cm³/mol. The molecule has 0 radical (unpaired) electrons. The van der Waals surface area contributed by atoms with Crippen molar-refractivity contribution < 1.29 is 9.53 Å². The zero-order valence-electron chi connectivity index (χ0n) is 12.3. The van der Waals surface area contributed by atoms with Crippen LogP contribution < -0.4 is 5.32 Å². The van der Waals surface area contributed by atoms with E-state index in [9.17, 15) is 4.79 Å². The van der Waals surface area contributed by atoms with Crippen LogP contribution in [0.3, 0.4) is 0 Å². The first-order valence-corrected chi connectivity index (χ1v) is 6.62. The van der Waals surface area contributed by atoms with Crippen LogP contribution in [0.5, 0.6) is 0 Å². The number of hydrogen-bond donors (Lipinski definition) is 1. The van der Waals surface area contributed by atoms with Crippen LogP contribution in [0.25, 0.3) is 0 Å². The summed E-state index contributed by atoms with van der Waals surface area (Å²) >= 11 is 0. The minimum absolute atomic E-state index is 0. The van der Waals surface area contributed by atoms with E-state index < -0.39 is 0 Å². The molecular formula is C13H26IN3O2. The average molecular weight is 383 g/mol. The van der Waals surface area contributed by atoms with Gasteiger partial charge in [-0.15, -0.1) is 24.0 Å². The van der Waals surface area contributed by atoms with E-state index >= 15 is 0 Å². The standard InChI is InChI=1S/C13H25N3O2.HI/c1-10-6-5-7-16(9-10)13(14-3)15-8-11(2)12(17)18-4;/h10-11H,5-9H2,1-4H3,(H,14,15);1H. The van der Waals surface area contributed by atoms with Crippen LogP contribution >= 0.6 is 24.0 Å². The van der Waals surface area contributed by atoms with E-state index in [0.717, 1.165) is 19.0 Å². The Morgan fingerprint density at radius 2 is 2.26 bits per heavy atom. The van der Waals surface area contributed by atoms with Crippen LogP contribution in [-0.2, 0) is 9.53 Å². The van der Waals surface area contributed by atoms with Gasteiger partial charge in [0.25, 0.3) is 0 Å². The molecule has 0 amide bonds. The number of nitrogens with zero attached hydrogens (tertiary/aromatic N) is 2. The molecule has 19 heavy (non-hydrogen) atoms. The Bertz CT molecular complexity index is 310. The molecule has 5 nitrogen and oxygen atoms in total. The van der Waals surface area contributed by atoms with Crippen LogP contribution in [-0.4, -0.2) is 50.6 Å². The number of piperidine rings is 1. The lowest BCUT2D eigenvalue weighted by atomic mass is 10.0. The lowest BCUT2D eigenvalue weighted by molar-refractivity contribution is -0.144. The lowest BCUT2D eigenvalue weighted by Crippen LogP contribution is -2.47. The summed E-state index contributed by atoms with van der Waals surface area (Å²) in [5, 5.41) is 3.25. The Balaban J connectivity index is 0.00000324. The summed E-state index contributed by atoms with van der Waals surface area (Å²) in [6, 6.07) is 0. The summed E-state index contributed by atoms with van der Waals surface area (Å²) in [5.41, 5.74) is 0. The Labute approximate surface area is 133 Å². The highest BCUT2D eigenvalue weighted by Crippen LogP contribution is 2.15. The minimum Gasteiger partial charge on any atom is -0.469 e. The highest BCUT2D eigenvalue weighted by molar-refractivity contribution is 14.0. The second-order valence-corrected chi connectivity index (χ2v) is 5.05. The first kappa shape index (κ1) is 18.5. The van der Waals surface area contributed by atoms with Crippen molar-refractivity contribution in [2.75, 3.05) is 33.8 Å². The third-order valence-electron chi connectivity index (χ3n) is 3.34. The number of esters is 1. The summed E-state index contributed by atoms with van der Waals surface area (Å²) < 4.78 is 4.71. The Kier molecular flexibility index (Phi) is 9.12. The molecule has 1 N–H and O–H groups in total. The van der Waals surface area contributed by atoms with Gasteiger partial charge < -0.3 is 15.0 Å². The zero-order valence-corrected chi connectivity index (χ0v) is 14.6. The summed E-state index contributed by atoms with van der Waals surface area (Å²) in [6.45, 7) is 6.74. The molecule has 0 spiro atoms. The molecule has 112 valence electrons. The number of aliphatic imine (C=N–C) groups is 1. The third-order valence-corrected chi connectivity index (χ3v) is 3.34. The number of nitrogens with one attached hydrogen (secondary N) is 1. The van der Waals surface area contributed by atoms with E-state index in [2.05, 4.69) is 22.1 Å². The molecule has 0 aliphatic carbocycles. The maximum atomic E-state index is 11.3. The van der Waals surface area contributed by atoms with Gasteiger partial charge in [0, 0.05) is 26.7 Å². The minimum atomic E-state index is -0.190. The number of guanidine groups is 1. The molecule has 0 aromatic carbocycles. The van der Waals surface area contributed by atoms with Gasteiger partial charge in [0.15, 0.2) is 5.96 Å². The fraction of sp³-hybridized carbons (Fsp3) is 0.846. The fourth-order valence-electron chi connectivity index (χ4n) is 2.24. The quantitative estimate of drug-likeness (QED) is 0.349. The monoisotopic (exact) mass is 383 g/mol. The third kappa shape index (κ3) is 5.97. The van der Waals surface area contributed by atoms with Gasteiger partial charge in [-0.3, -0.25) is 9.79 Å². The number of carbonyl (C=O) groups is 1. The smallest absolute Gasteiger partial charge is 0.310 e. The molecule has 1 fully saturated rings. The topological polar surface area (TPSA) is 53.9 Å². The van der Waals surface area contributed by atoms with E-state index in [1.54, 1.807) is 7.05 Å². The van der Waals surface area contributed by atoms with Crippen molar-refractivity contribution in [2.24, 2.45) is 16.8 Å². The Hall–Kier alpha value is -0.530. The van der Waals surface area contributed by atoms with Gasteiger partial charge in [-0.2, -0.15) is 0 Å². The van der Waals surface area contributed by atoms with Crippen molar-refractivity contribution in [2.45, 2.75) is 26.7 Å². The second kappa shape index (κ2) is 9.39. The molecule has 1 aliphatic heterocycles. The molecule has 6 heteroatoms. The molecule has 1 rings (SSSR count). The molecule has 0 bridgehead atoms. The predicted octanol–water partition coefficient (Wildman–Crippen LogP) is 1.72. The summed E-state index contributed by atoms with van der Waals surface area (Å²) in [5.74, 6) is 1.24. The molecule has 1 heterocycles. The zero-order chi connectivity index (χ0) is 13.5. The largest absolute Gasteiger partial charge is 0.469 e. The number of methoxy groups -OCH3 is 1. The van der Waals surface area contributed by atoms with Gasteiger partial charge in [-0.25, -0.2) is 0 Å². The maximum Gasteiger partial charge on any atom is 0.310 e. The average Bonchev–Trinajstić information content (AvgIpc) is 2.38. The number of halogens is 1. The molecule has 0 aromatic rings. The van der Waals surface area contributed by atoms with Gasteiger partial charge in [0.05, 0.1) is 13.0 Å². The highest BCUT2D eigenvalue weighted by atomic mass is 127. The number of carbonyl (C=O) groups excluding carboxylic acids is 1. The highest BCUT2D eigenvalue weighted by Gasteiger charge is 2.20. The van der Waals surface area contributed by atoms with Crippen LogP contribution in [0, 0.1) is 11.8 Å². The van der Waals surface area contributed by atoms with Crippen LogP contribution in [0.4, 0.5) is 0 Å². The number of rotatable bonds is 3. The van der Waals surface area contributed by atoms with Gasteiger partial charge in [-0.1, -0.05) is 13.8 Å². The van der Waals surface area contributed by atoms with Crippen molar-refractivity contribution >= 4 is 35.9 Å². The first-order chi connectivity index (χ1) is 8.58. The van der Waals surface area contributed by atoms with E-state index in [0.29, 0.717) is 12.5 Å². The second-order valence-electron chi connectivity index (χ2n) is 5.05.